The van der Waals surface area contributed by atoms with Gasteiger partial charge in [-0.15, -0.1) is 0 Å². The third kappa shape index (κ3) is 5.79. The van der Waals surface area contributed by atoms with Crippen molar-refractivity contribution in [2.75, 3.05) is 0 Å². The van der Waals surface area contributed by atoms with Crippen molar-refractivity contribution in [2.24, 2.45) is 0 Å². The average molecular weight is 480 g/mol. The monoisotopic (exact) mass is 480 g/mol. The van der Waals surface area contributed by atoms with Gasteiger partial charge < -0.3 is 23.7 Å². The summed E-state index contributed by atoms with van der Waals surface area (Å²) in [4.78, 5) is 13.2. The molecule has 114 valence electrons. The second-order valence-electron chi connectivity index (χ2n) is 3.84. The van der Waals surface area contributed by atoms with Crippen LogP contribution in [0.25, 0.3) is 22.8 Å². The Balaban J connectivity index is 0.000000901. The van der Waals surface area contributed by atoms with E-state index in [0.29, 0.717) is 0 Å². The van der Waals surface area contributed by atoms with Crippen molar-refractivity contribution < 1.29 is 21.1 Å². The molecule has 0 saturated carbocycles. The van der Waals surface area contributed by atoms with Crippen molar-refractivity contribution in [3.8, 4) is 22.8 Å². The summed E-state index contributed by atoms with van der Waals surface area (Å²) >= 11 is 0. The molecule has 0 N–H and O–H groups in total. The van der Waals surface area contributed by atoms with Crippen LogP contribution in [0.1, 0.15) is 0 Å². The Morgan fingerprint density at radius 3 is 1.30 bits per heavy atom. The molecular weight excluding hydrogens is 469 g/mol. The molecule has 3 heterocycles. The van der Waals surface area contributed by atoms with Gasteiger partial charge in [-0.05, 0) is 36.4 Å². The topological polar surface area (TPSA) is 86.2 Å². The molecule has 0 aliphatic heterocycles. The van der Waals surface area contributed by atoms with Crippen LogP contribution in [0.5, 0.6) is 0 Å². The van der Waals surface area contributed by atoms with E-state index in [9.17, 15) is 0 Å². The SMILES string of the molecule is [C-]#N.[C-]#N.[Pt+2].c1ccc(-c2cccc(-c3ccccn3)n2)nc1. The summed E-state index contributed by atoms with van der Waals surface area (Å²) < 4.78 is 0. The molecule has 0 aliphatic carbocycles. The molecule has 3 rings (SSSR count). The van der Waals surface area contributed by atoms with Crippen LogP contribution in [0.3, 0.4) is 0 Å². The molecule has 0 atom stereocenters. The minimum absolute atomic E-state index is 0. The summed E-state index contributed by atoms with van der Waals surface area (Å²) in [5.74, 6) is 0. The van der Waals surface area contributed by atoms with E-state index in [-0.39, 0.29) is 21.1 Å². The molecule has 6 heteroatoms. The Morgan fingerprint density at radius 1 is 0.565 bits per heavy atom. The molecule has 0 bridgehead atoms. The van der Waals surface area contributed by atoms with Crippen LogP contribution >= 0.6 is 0 Å². The first kappa shape index (κ1) is 20.1. The van der Waals surface area contributed by atoms with Gasteiger partial charge in [0.1, 0.15) is 0 Å². The van der Waals surface area contributed by atoms with Crippen LogP contribution < -0.4 is 0 Å². The number of rotatable bonds is 2. The van der Waals surface area contributed by atoms with Crippen molar-refractivity contribution in [2.45, 2.75) is 0 Å². The average Bonchev–Trinajstić information content (AvgIpc) is 2.67. The summed E-state index contributed by atoms with van der Waals surface area (Å²) in [5.41, 5.74) is 3.46. The van der Waals surface area contributed by atoms with Gasteiger partial charge in [0.25, 0.3) is 0 Å². The molecule has 0 aliphatic rings. The van der Waals surface area contributed by atoms with E-state index < -0.39 is 0 Å². The molecular formula is C17H11N5Pt. The summed E-state index contributed by atoms with van der Waals surface area (Å²) in [6.45, 7) is 9.50. The van der Waals surface area contributed by atoms with Crippen molar-refractivity contribution in [1.29, 1.82) is 10.5 Å². The second-order valence-corrected chi connectivity index (χ2v) is 3.84. The molecule has 0 spiro atoms. The molecule has 3 aromatic rings. The number of hydrogen-bond donors (Lipinski definition) is 0. The third-order valence-corrected chi connectivity index (χ3v) is 2.60. The predicted molar refractivity (Wildman–Crippen MR) is 80.6 cm³/mol. The normalized spacial score (nSPS) is 8.17. The fourth-order valence-electron chi connectivity index (χ4n) is 1.75. The van der Waals surface area contributed by atoms with Gasteiger partial charge in [-0.25, -0.2) is 4.98 Å². The largest absolute Gasteiger partial charge is 2.00 e. The zero-order valence-electron chi connectivity index (χ0n) is 11.9. The van der Waals surface area contributed by atoms with Gasteiger partial charge in [-0.2, -0.15) is 0 Å². The van der Waals surface area contributed by atoms with Crippen LogP contribution in [-0.4, -0.2) is 15.0 Å². The van der Waals surface area contributed by atoms with Gasteiger partial charge in [0, 0.05) is 12.4 Å². The van der Waals surface area contributed by atoms with E-state index in [2.05, 4.69) is 15.0 Å². The predicted octanol–water partition coefficient (Wildman–Crippen LogP) is 3.40. The van der Waals surface area contributed by atoms with Gasteiger partial charge in [0.15, 0.2) is 0 Å². The van der Waals surface area contributed by atoms with E-state index >= 15 is 0 Å². The first-order valence-electron chi connectivity index (χ1n) is 6.18. The molecule has 0 fully saturated rings. The molecule has 0 radical (unpaired) electrons. The Labute approximate surface area is 149 Å². The smallest absolute Gasteiger partial charge is 0.512 e. The molecule has 23 heavy (non-hydrogen) atoms. The number of pyridine rings is 3. The standard InChI is InChI=1S/C15H11N3.2CN.Pt/c1-3-10-16-12(6-1)14-8-5-9-15(18-14)13-7-2-4-11-17-13;2*1-2;/h1-11H;;;/q;2*-1;+2. The minimum Gasteiger partial charge on any atom is -0.512 e. The number of nitrogens with zero attached hydrogens (tertiary/aromatic N) is 5. The van der Waals surface area contributed by atoms with Crippen LogP contribution in [0, 0.1) is 23.7 Å². The van der Waals surface area contributed by atoms with Gasteiger partial charge in [0.2, 0.25) is 0 Å². The van der Waals surface area contributed by atoms with E-state index in [1.807, 2.05) is 54.6 Å². The fourth-order valence-corrected chi connectivity index (χ4v) is 1.75. The number of aromatic nitrogens is 3. The summed E-state index contributed by atoms with van der Waals surface area (Å²) in [6.07, 6.45) is 3.54. The van der Waals surface area contributed by atoms with Crippen LogP contribution in [0.2, 0.25) is 0 Å². The van der Waals surface area contributed by atoms with Gasteiger partial charge in [-0.1, -0.05) is 18.2 Å². The van der Waals surface area contributed by atoms with Crippen LogP contribution in [0.4, 0.5) is 0 Å². The van der Waals surface area contributed by atoms with Crippen molar-refractivity contribution in [3.63, 3.8) is 0 Å². The Kier molecular flexibility index (Phi) is 10.3. The summed E-state index contributed by atoms with van der Waals surface area (Å²) in [5, 5.41) is 12.5. The van der Waals surface area contributed by atoms with E-state index in [1.54, 1.807) is 12.4 Å². The maximum Gasteiger partial charge on any atom is 2.00 e. The third-order valence-electron chi connectivity index (χ3n) is 2.60. The van der Waals surface area contributed by atoms with Crippen molar-refractivity contribution in [1.82, 2.24) is 15.0 Å². The molecule has 0 aromatic carbocycles. The van der Waals surface area contributed by atoms with Crippen LogP contribution in [0.15, 0.2) is 67.0 Å². The quantitative estimate of drug-likeness (QED) is 0.525. The minimum atomic E-state index is 0. The first-order chi connectivity index (χ1) is 10.9. The van der Waals surface area contributed by atoms with E-state index in [1.165, 1.54) is 0 Å². The van der Waals surface area contributed by atoms with Gasteiger partial charge >= 0.3 is 21.1 Å². The van der Waals surface area contributed by atoms with Crippen molar-refractivity contribution in [3.05, 3.63) is 80.1 Å². The maximum atomic E-state index is 6.25. The van der Waals surface area contributed by atoms with Crippen LogP contribution in [-0.2, 0) is 21.1 Å². The van der Waals surface area contributed by atoms with Gasteiger partial charge in [0.05, 0.1) is 22.8 Å². The zero-order chi connectivity index (χ0) is 16.2. The Hall–Kier alpha value is -2.88. The summed E-state index contributed by atoms with van der Waals surface area (Å²) in [6, 6.07) is 17.5. The second kappa shape index (κ2) is 11.7. The number of hydrogen-bond acceptors (Lipinski definition) is 5. The van der Waals surface area contributed by atoms with Gasteiger partial charge in [-0.3, -0.25) is 9.97 Å². The van der Waals surface area contributed by atoms with E-state index in [0.717, 1.165) is 22.8 Å². The maximum absolute atomic E-state index is 6.25. The Bertz CT molecular complexity index is 666. The molecule has 0 unspecified atom stereocenters. The first-order valence-corrected chi connectivity index (χ1v) is 6.18. The zero-order valence-corrected chi connectivity index (χ0v) is 14.2. The van der Waals surface area contributed by atoms with Crippen molar-refractivity contribution >= 4 is 0 Å². The molecule has 3 aromatic heterocycles. The summed E-state index contributed by atoms with van der Waals surface area (Å²) in [7, 11) is 0. The Morgan fingerprint density at radius 2 is 0.957 bits per heavy atom. The van der Waals surface area contributed by atoms with E-state index in [4.69, 9.17) is 23.7 Å². The fraction of sp³-hybridized carbons (Fsp3) is 0. The molecule has 0 saturated heterocycles. The molecule has 0 amide bonds. The molecule has 5 nitrogen and oxygen atoms in total.